The lowest BCUT2D eigenvalue weighted by molar-refractivity contribution is -0.172. The van der Waals surface area contributed by atoms with Crippen LogP contribution in [0.15, 0.2) is 53.8 Å². The van der Waals surface area contributed by atoms with Crippen LogP contribution in [-0.2, 0) is 93.7 Å². The van der Waals surface area contributed by atoms with E-state index in [0.717, 1.165) is 24.8 Å². The van der Waals surface area contributed by atoms with Crippen molar-refractivity contribution in [2.24, 2.45) is 11.7 Å². The Hall–Kier alpha value is -8.41. The summed E-state index contributed by atoms with van der Waals surface area (Å²) in [7, 11) is 0. The molecule has 2 aromatic carbocycles. The second-order valence-electron chi connectivity index (χ2n) is 24.2. The monoisotopic (exact) mass is 1340 g/mol. The minimum absolute atomic E-state index is 0.0318. The summed E-state index contributed by atoms with van der Waals surface area (Å²) in [6.07, 6.45) is 8.31. The summed E-state index contributed by atoms with van der Waals surface area (Å²) in [5.74, 6) is -4.16. The Balaban J connectivity index is 0.801. The van der Waals surface area contributed by atoms with Gasteiger partial charge in [-0.2, -0.15) is 0 Å². The molecule has 2 aromatic heterocycles. The third-order valence-electron chi connectivity index (χ3n) is 17.0. The fourth-order valence-electron chi connectivity index (χ4n) is 11.7. The number of nitrogens with one attached hydrogen (secondary N) is 7. The standard InChI is InChI=1S/C68H93FN10O17/c1-7-10-11-12-13-15-45(8-2)94-40-57(82)71-25-27-91-29-31-93-33-32-92-30-28-90-26-23-55(80)78-60(41(4)5)63(84)77-52(16-14-24-72-66(70)87)62(83)74-44-19-17-43(18-20-44)38-96-67(88)73-36-56(81)75-51-22-21-46-42(6)50(69)35-53-58(46)59(51)47-37-79-54(61(47)76-53)34-49-48(64(79)85)39-95-65(86)68(49,89)9-3/h8,17-20,34-35,41,45,51-52,60,89H,2,7,9-16,21-33,36-40H2,1,3-6H3,(H,71,82)(H,73,88)(H,74,83)(H,75,81)(H,77,84)(H,78,80)(H3,70,72,87)/t45?,51-,52-,60-,68-/m0/s1. The Bertz CT molecular complexity index is 3460. The van der Waals surface area contributed by atoms with Gasteiger partial charge in [-0.15, -0.1) is 6.58 Å². The summed E-state index contributed by atoms with van der Waals surface area (Å²) in [4.78, 5) is 122. The number of primary amides is 1. The van der Waals surface area contributed by atoms with Gasteiger partial charge in [0.1, 0.15) is 44.3 Å². The molecule has 5 atom stereocenters. The topological polar surface area (TPSA) is 367 Å². The number of ether oxygens (including phenoxy) is 7. The van der Waals surface area contributed by atoms with E-state index in [1.807, 2.05) is 0 Å². The van der Waals surface area contributed by atoms with Gasteiger partial charge >= 0.3 is 18.1 Å². The predicted octanol–water partition coefficient (Wildman–Crippen LogP) is 5.07. The molecule has 27 nitrogen and oxygen atoms in total. The van der Waals surface area contributed by atoms with Crippen molar-refractivity contribution in [2.45, 2.75) is 161 Å². The second-order valence-corrected chi connectivity index (χ2v) is 24.2. The lowest BCUT2D eigenvalue weighted by atomic mass is 9.81. The maximum atomic E-state index is 15.4. The highest BCUT2D eigenvalue weighted by atomic mass is 19.1. The second kappa shape index (κ2) is 37.2. The smallest absolute Gasteiger partial charge is 0.407 e. The molecule has 10 N–H and O–H groups in total. The van der Waals surface area contributed by atoms with E-state index < -0.39 is 83.4 Å². The molecule has 8 amide bonds. The minimum atomic E-state index is -2.06. The molecule has 4 aromatic rings. The predicted molar refractivity (Wildman–Crippen MR) is 351 cm³/mol. The molecule has 4 heterocycles. The van der Waals surface area contributed by atoms with Gasteiger partial charge in [0.25, 0.3) is 5.56 Å². The molecule has 96 heavy (non-hydrogen) atoms. The van der Waals surface area contributed by atoms with E-state index in [1.165, 1.54) is 29.9 Å². The molecule has 0 spiro atoms. The number of amides is 8. The maximum Gasteiger partial charge on any atom is 0.407 e. The van der Waals surface area contributed by atoms with Gasteiger partial charge < -0.3 is 85.8 Å². The van der Waals surface area contributed by atoms with Gasteiger partial charge in [-0.1, -0.05) is 78.0 Å². The van der Waals surface area contributed by atoms with Gasteiger partial charge in [0.2, 0.25) is 29.5 Å². The number of halogens is 1. The first-order valence-corrected chi connectivity index (χ1v) is 33.0. The van der Waals surface area contributed by atoms with Gasteiger partial charge in [-0.3, -0.25) is 28.8 Å². The number of hydrogen-bond acceptors (Lipinski definition) is 18. The lowest BCUT2D eigenvalue weighted by Crippen LogP contribution is -2.54. The third-order valence-corrected chi connectivity index (χ3v) is 17.0. The molecule has 7 rings (SSSR count). The molecule has 0 radical (unpaired) electrons. The number of aliphatic hydroxyl groups is 1. The average molecular weight is 1340 g/mol. The van der Waals surface area contributed by atoms with Crippen molar-refractivity contribution in [1.82, 2.24) is 41.5 Å². The van der Waals surface area contributed by atoms with Crippen LogP contribution >= 0.6 is 0 Å². The average Bonchev–Trinajstić information content (AvgIpc) is 1.49. The quantitative estimate of drug-likeness (QED) is 0.0140. The summed E-state index contributed by atoms with van der Waals surface area (Å²) in [5, 5.41) is 31.0. The number of rotatable bonds is 41. The van der Waals surface area contributed by atoms with Crippen LogP contribution in [0.1, 0.15) is 143 Å². The van der Waals surface area contributed by atoms with E-state index in [0.29, 0.717) is 103 Å². The molecular formula is C68H93FN10O17. The number of hydrogen-bond donors (Lipinski definition) is 9. The van der Waals surface area contributed by atoms with Crippen LogP contribution in [0.25, 0.3) is 22.3 Å². The molecule has 1 aliphatic carbocycles. The highest BCUT2D eigenvalue weighted by molar-refractivity contribution is 5.99. The fourth-order valence-corrected chi connectivity index (χ4v) is 11.7. The van der Waals surface area contributed by atoms with Crippen molar-refractivity contribution >= 4 is 64.2 Å². The van der Waals surface area contributed by atoms with Gasteiger partial charge in [0, 0.05) is 47.8 Å². The number of pyridine rings is 2. The van der Waals surface area contributed by atoms with Crippen LogP contribution in [0.3, 0.4) is 0 Å². The van der Waals surface area contributed by atoms with Crippen LogP contribution in [0.4, 0.5) is 19.7 Å². The Morgan fingerprint density at radius 3 is 2.20 bits per heavy atom. The summed E-state index contributed by atoms with van der Waals surface area (Å²) in [6.45, 7) is 14.4. The summed E-state index contributed by atoms with van der Waals surface area (Å²) < 4.78 is 55.4. The van der Waals surface area contributed by atoms with E-state index >= 15 is 4.39 Å². The highest BCUT2D eigenvalue weighted by Gasteiger charge is 2.46. The zero-order valence-electron chi connectivity index (χ0n) is 55.6. The van der Waals surface area contributed by atoms with Crippen LogP contribution < -0.4 is 48.5 Å². The summed E-state index contributed by atoms with van der Waals surface area (Å²) in [6, 6.07) is 5.65. The van der Waals surface area contributed by atoms with Crippen LogP contribution in [0, 0.1) is 18.7 Å². The van der Waals surface area contributed by atoms with Gasteiger partial charge in [-0.05, 0) is 91.8 Å². The third kappa shape index (κ3) is 20.8. The number of aryl methyl sites for hydroxylation is 1. The van der Waals surface area contributed by atoms with E-state index in [4.69, 9.17) is 43.9 Å². The first kappa shape index (κ1) is 75.0. The van der Waals surface area contributed by atoms with E-state index in [9.17, 15) is 48.3 Å². The molecule has 2 aliphatic heterocycles. The highest BCUT2D eigenvalue weighted by Crippen LogP contribution is 2.46. The number of benzene rings is 2. The number of carbonyl (C=O) groups excluding carboxylic acids is 8. The number of aromatic nitrogens is 2. The SMILES string of the molecule is C=CC(CCCCCCC)OCC(=O)NCCOCCOCCOCCOCCC(=O)N[C@H](C(=O)N[C@@H](CCCNC(N)=O)C(=O)Nc1ccc(COC(=O)NCC(=O)N[C@H]2CCc3c(C)c(F)cc4nc5c(c2c34)Cn2c-5cc3c(c2=O)COC(=O)[C@]3(O)CC)cc1)C(C)C. The van der Waals surface area contributed by atoms with Crippen molar-refractivity contribution < 1.29 is 81.0 Å². The van der Waals surface area contributed by atoms with Gasteiger partial charge in [0.15, 0.2) is 5.60 Å². The van der Waals surface area contributed by atoms with Gasteiger partial charge in [-0.25, -0.2) is 23.8 Å². The molecule has 0 saturated carbocycles. The van der Waals surface area contributed by atoms with Crippen molar-refractivity contribution in [3.8, 4) is 11.4 Å². The van der Waals surface area contributed by atoms with Crippen LogP contribution in [0.2, 0.25) is 0 Å². The van der Waals surface area contributed by atoms with Crippen molar-refractivity contribution in [2.75, 3.05) is 84.4 Å². The molecule has 0 saturated heterocycles. The first-order chi connectivity index (χ1) is 46.2. The number of alkyl carbamates (subject to hydrolysis) is 1. The van der Waals surface area contributed by atoms with E-state index in [-0.39, 0.29) is 107 Å². The Morgan fingerprint density at radius 1 is 0.823 bits per heavy atom. The molecular weight excluding hydrogens is 1250 g/mol. The Kier molecular flexibility index (Phi) is 29.1. The van der Waals surface area contributed by atoms with Crippen molar-refractivity contribution in [3.05, 3.63) is 104 Å². The molecule has 28 heteroatoms. The number of urea groups is 1. The van der Waals surface area contributed by atoms with Crippen LogP contribution in [-0.4, -0.2) is 160 Å². The van der Waals surface area contributed by atoms with Crippen molar-refractivity contribution in [3.63, 3.8) is 0 Å². The molecule has 524 valence electrons. The number of fused-ring (bicyclic) bond motifs is 5. The number of unbranched alkanes of at least 4 members (excludes halogenated alkanes) is 4. The molecule has 3 aliphatic rings. The van der Waals surface area contributed by atoms with E-state index in [1.54, 1.807) is 64.1 Å². The fraction of sp³-hybridized carbons (Fsp3) is 0.559. The zero-order valence-corrected chi connectivity index (χ0v) is 55.6. The number of cyclic esters (lactones) is 1. The number of nitrogens with zero attached hydrogens (tertiary/aromatic N) is 2. The largest absolute Gasteiger partial charge is 0.458 e. The maximum absolute atomic E-state index is 15.4. The number of nitrogens with two attached hydrogens (primary N) is 1. The zero-order chi connectivity index (χ0) is 69.3. The van der Waals surface area contributed by atoms with E-state index in [2.05, 4.69) is 50.7 Å². The minimum Gasteiger partial charge on any atom is -0.458 e. The molecule has 0 fully saturated rings. The molecule has 1 unspecified atom stereocenters. The van der Waals surface area contributed by atoms with Crippen molar-refractivity contribution in [1.29, 1.82) is 0 Å². The first-order valence-electron chi connectivity index (χ1n) is 33.0. The van der Waals surface area contributed by atoms with Crippen LogP contribution in [0.5, 0.6) is 0 Å². The Morgan fingerprint density at radius 2 is 1.52 bits per heavy atom. The number of carbonyl (C=O) groups is 8. The van der Waals surface area contributed by atoms with Gasteiger partial charge in [0.05, 0.1) is 94.0 Å². The number of esters is 1. The normalized spacial score (nSPS) is 16.0. The molecule has 0 bridgehead atoms. The lowest BCUT2D eigenvalue weighted by Gasteiger charge is -2.31. The number of anilines is 1. The summed E-state index contributed by atoms with van der Waals surface area (Å²) >= 11 is 0. The summed E-state index contributed by atoms with van der Waals surface area (Å²) in [5.41, 5.74) is 7.21. The Labute approximate surface area is 557 Å².